The van der Waals surface area contributed by atoms with Gasteiger partial charge in [0.05, 0.1) is 5.60 Å². The zero-order valence-corrected chi connectivity index (χ0v) is 11.3. The number of nitrogens with zero attached hydrogens (tertiary/aromatic N) is 2. The lowest BCUT2D eigenvalue weighted by Crippen LogP contribution is -2.40. The van der Waals surface area contributed by atoms with E-state index in [1.165, 1.54) is 11.3 Å². The number of nitrogens with one attached hydrogen (secondary N) is 2. The van der Waals surface area contributed by atoms with E-state index in [9.17, 15) is 4.79 Å². The number of carbonyl (C=O) groups is 1. The number of ether oxygens (including phenoxy) is 1. The fourth-order valence-electron chi connectivity index (χ4n) is 1.23. The van der Waals surface area contributed by atoms with E-state index in [2.05, 4.69) is 20.8 Å². The molecule has 0 saturated carbocycles. The molecule has 0 atom stereocenters. The van der Waals surface area contributed by atoms with Crippen molar-refractivity contribution in [1.82, 2.24) is 15.5 Å². The molecular weight excluding hydrogens is 240 g/mol. The Kier molecular flexibility index (Phi) is 4.83. The smallest absolute Gasteiger partial charge is 0.282 e. The van der Waals surface area contributed by atoms with Crippen LogP contribution in [0.4, 0.5) is 5.13 Å². The second kappa shape index (κ2) is 5.92. The average Bonchev–Trinajstić information content (AvgIpc) is 2.74. The number of hydrogen-bond donors (Lipinski definition) is 2. The van der Waals surface area contributed by atoms with Crippen LogP contribution in [0.15, 0.2) is 0 Å². The lowest BCUT2D eigenvalue weighted by Gasteiger charge is -2.24. The molecule has 0 spiro atoms. The first-order valence-corrected chi connectivity index (χ1v) is 6.23. The van der Waals surface area contributed by atoms with Crippen LogP contribution in [0.25, 0.3) is 0 Å². The van der Waals surface area contributed by atoms with Crippen LogP contribution in [0.5, 0.6) is 0 Å². The quantitative estimate of drug-likeness (QED) is 0.800. The van der Waals surface area contributed by atoms with Crippen LogP contribution in [0.2, 0.25) is 0 Å². The van der Waals surface area contributed by atoms with Gasteiger partial charge in [0.15, 0.2) is 0 Å². The van der Waals surface area contributed by atoms with Crippen molar-refractivity contribution in [3.63, 3.8) is 0 Å². The summed E-state index contributed by atoms with van der Waals surface area (Å²) in [5.74, 6) is -0.225. The molecule has 0 aromatic carbocycles. The van der Waals surface area contributed by atoms with Crippen molar-refractivity contribution in [2.45, 2.75) is 26.4 Å². The van der Waals surface area contributed by atoms with Gasteiger partial charge in [0.1, 0.15) is 0 Å². The van der Waals surface area contributed by atoms with Gasteiger partial charge in [-0.25, -0.2) is 0 Å². The molecule has 1 heterocycles. The molecule has 1 aromatic heterocycles. The predicted octanol–water partition coefficient (Wildman–Crippen LogP) is 1.12. The molecule has 6 nitrogen and oxygen atoms in total. The summed E-state index contributed by atoms with van der Waals surface area (Å²) in [4.78, 5) is 11.7. The lowest BCUT2D eigenvalue weighted by molar-refractivity contribution is -0.00816. The Morgan fingerprint density at radius 3 is 2.71 bits per heavy atom. The Hall–Kier alpha value is -1.21. The van der Waals surface area contributed by atoms with Crippen LogP contribution in [0.3, 0.4) is 0 Å². The van der Waals surface area contributed by atoms with Crippen molar-refractivity contribution >= 4 is 22.4 Å². The van der Waals surface area contributed by atoms with Crippen LogP contribution in [-0.4, -0.2) is 41.9 Å². The van der Waals surface area contributed by atoms with Gasteiger partial charge in [-0.05, 0) is 20.8 Å². The predicted molar refractivity (Wildman–Crippen MR) is 67.5 cm³/mol. The maximum absolute atomic E-state index is 11.7. The minimum absolute atomic E-state index is 0.225. The molecule has 0 aliphatic rings. The van der Waals surface area contributed by atoms with Crippen LogP contribution >= 0.6 is 11.3 Å². The normalized spacial score (nSPS) is 11.3. The Labute approximate surface area is 105 Å². The second-order valence-electron chi connectivity index (χ2n) is 4.04. The van der Waals surface area contributed by atoms with Gasteiger partial charge >= 0.3 is 0 Å². The molecule has 96 valence electrons. The Balaban J connectivity index is 2.49. The third-order valence-corrected chi connectivity index (χ3v) is 2.98. The highest BCUT2D eigenvalue weighted by Crippen LogP contribution is 2.14. The second-order valence-corrected chi connectivity index (χ2v) is 5.02. The van der Waals surface area contributed by atoms with Gasteiger partial charge in [-0.15, -0.1) is 10.2 Å². The zero-order valence-electron chi connectivity index (χ0n) is 10.5. The standard InChI is InChI=1S/C10H18N4O2S/c1-5-16-10(2,3)6-12-7(15)8-13-14-9(11-4)17-8/h5-6H2,1-4H3,(H,11,14)(H,12,15). The first-order chi connectivity index (χ1) is 7.98. The van der Waals surface area contributed by atoms with E-state index in [1.54, 1.807) is 7.05 Å². The SMILES string of the molecule is CCOC(C)(C)CNC(=O)c1nnc(NC)s1. The molecule has 0 fully saturated rings. The van der Waals surface area contributed by atoms with E-state index >= 15 is 0 Å². The number of carbonyl (C=O) groups excluding carboxylic acids is 1. The van der Waals surface area contributed by atoms with E-state index in [-0.39, 0.29) is 11.5 Å². The topological polar surface area (TPSA) is 76.1 Å². The maximum atomic E-state index is 11.7. The Bertz CT molecular complexity index is 378. The third-order valence-electron chi connectivity index (χ3n) is 2.04. The molecule has 1 rings (SSSR count). The summed E-state index contributed by atoms with van der Waals surface area (Å²) in [5.41, 5.74) is -0.374. The first kappa shape index (κ1) is 13.9. The largest absolute Gasteiger partial charge is 0.374 e. The van der Waals surface area contributed by atoms with Crippen molar-refractivity contribution in [3.05, 3.63) is 5.01 Å². The summed E-state index contributed by atoms with van der Waals surface area (Å²) in [6.07, 6.45) is 0. The zero-order chi connectivity index (χ0) is 12.9. The minimum Gasteiger partial charge on any atom is -0.374 e. The molecule has 1 amide bonds. The number of hydrogen-bond acceptors (Lipinski definition) is 6. The molecule has 0 saturated heterocycles. The number of aromatic nitrogens is 2. The number of anilines is 1. The average molecular weight is 258 g/mol. The third kappa shape index (κ3) is 4.27. The van der Waals surface area contributed by atoms with E-state index in [0.29, 0.717) is 23.3 Å². The van der Waals surface area contributed by atoms with E-state index in [0.717, 1.165) is 0 Å². The molecule has 17 heavy (non-hydrogen) atoms. The van der Waals surface area contributed by atoms with Crippen LogP contribution in [0, 0.1) is 0 Å². The highest BCUT2D eigenvalue weighted by molar-refractivity contribution is 7.17. The summed E-state index contributed by atoms with van der Waals surface area (Å²) in [5, 5.41) is 14.2. The Morgan fingerprint density at radius 2 is 2.18 bits per heavy atom. The lowest BCUT2D eigenvalue weighted by atomic mass is 10.1. The van der Waals surface area contributed by atoms with Gasteiger partial charge in [-0.3, -0.25) is 4.79 Å². The summed E-state index contributed by atoms with van der Waals surface area (Å²) >= 11 is 1.22. The van der Waals surface area contributed by atoms with Gasteiger partial charge in [0.25, 0.3) is 5.91 Å². The fraction of sp³-hybridized carbons (Fsp3) is 0.700. The Morgan fingerprint density at radius 1 is 1.47 bits per heavy atom. The van der Waals surface area contributed by atoms with Gasteiger partial charge < -0.3 is 15.4 Å². The van der Waals surface area contributed by atoms with E-state index in [1.807, 2.05) is 20.8 Å². The fourth-order valence-corrected chi connectivity index (χ4v) is 1.84. The molecule has 0 unspecified atom stereocenters. The minimum atomic E-state index is -0.374. The monoisotopic (exact) mass is 258 g/mol. The van der Waals surface area contributed by atoms with Crippen LogP contribution < -0.4 is 10.6 Å². The van der Waals surface area contributed by atoms with Gasteiger partial charge in [-0.1, -0.05) is 11.3 Å². The molecule has 0 aliphatic carbocycles. The van der Waals surface area contributed by atoms with E-state index in [4.69, 9.17) is 4.74 Å². The van der Waals surface area contributed by atoms with E-state index < -0.39 is 0 Å². The maximum Gasteiger partial charge on any atom is 0.282 e. The van der Waals surface area contributed by atoms with Crippen molar-refractivity contribution in [3.8, 4) is 0 Å². The summed E-state index contributed by atoms with van der Waals surface area (Å²) in [6.45, 7) is 6.83. The van der Waals surface area contributed by atoms with Crippen molar-refractivity contribution in [1.29, 1.82) is 0 Å². The first-order valence-electron chi connectivity index (χ1n) is 5.42. The molecular formula is C10H18N4O2S. The van der Waals surface area contributed by atoms with Crippen molar-refractivity contribution < 1.29 is 9.53 Å². The number of rotatable bonds is 6. The van der Waals surface area contributed by atoms with Gasteiger partial charge in [0, 0.05) is 20.2 Å². The summed E-state index contributed by atoms with van der Waals surface area (Å²) < 4.78 is 5.48. The molecule has 7 heteroatoms. The summed E-state index contributed by atoms with van der Waals surface area (Å²) in [7, 11) is 1.74. The molecule has 0 aliphatic heterocycles. The highest BCUT2D eigenvalue weighted by Gasteiger charge is 2.20. The summed E-state index contributed by atoms with van der Waals surface area (Å²) in [6, 6.07) is 0. The van der Waals surface area contributed by atoms with Crippen LogP contribution in [-0.2, 0) is 4.74 Å². The van der Waals surface area contributed by atoms with Crippen LogP contribution in [0.1, 0.15) is 30.6 Å². The molecule has 2 N–H and O–H groups in total. The van der Waals surface area contributed by atoms with Crippen molar-refractivity contribution in [2.24, 2.45) is 0 Å². The molecule has 1 aromatic rings. The molecule has 0 bridgehead atoms. The number of amides is 1. The van der Waals surface area contributed by atoms with Gasteiger partial charge in [0.2, 0.25) is 10.1 Å². The van der Waals surface area contributed by atoms with Crippen molar-refractivity contribution in [2.75, 3.05) is 25.5 Å². The molecule has 0 radical (unpaired) electrons. The highest BCUT2D eigenvalue weighted by atomic mass is 32.1. The van der Waals surface area contributed by atoms with Gasteiger partial charge in [-0.2, -0.15) is 0 Å².